The monoisotopic (exact) mass is 347 g/mol. The van der Waals surface area contributed by atoms with Gasteiger partial charge in [0.15, 0.2) is 6.10 Å². The van der Waals surface area contributed by atoms with E-state index in [2.05, 4.69) is 0 Å². The summed E-state index contributed by atoms with van der Waals surface area (Å²) >= 11 is 11.8. The number of hydrogen-bond acceptors (Lipinski definition) is 4. The number of ether oxygens (including phenoxy) is 2. The van der Waals surface area contributed by atoms with E-state index < -0.39 is 12.1 Å². The number of aliphatic carboxylic acids is 1. The molecule has 2 rings (SSSR count). The first-order valence-electron chi connectivity index (χ1n) is 6.68. The van der Waals surface area contributed by atoms with Gasteiger partial charge >= 0.3 is 5.97 Å². The fourth-order valence-electron chi connectivity index (χ4n) is 2.03. The van der Waals surface area contributed by atoms with Crippen LogP contribution in [-0.2, 0) is 14.3 Å². The van der Waals surface area contributed by atoms with Gasteiger partial charge in [0.2, 0.25) is 5.91 Å². The highest BCUT2D eigenvalue weighted by molar-refractivity contribution is 6.42. The summed E-state index contributed by atoms with van der Waals surface area (Å²) in [5.41, 5.74) is 0. The summed E-state index contributed by atoms with van der Waals surface area (Å²) in [6.45, 7) is 0.768. The lowest BCUT2D eigenvalue weighted by molar-refractivity contribution is -0.159. The van der Waals surface area contributed by atoms with Gasteiger partial charge < -0.3 is 19.5 Å². The normalized spacial score (nSPS) is 18.1. The summed E-state index contributed by atoms with van der Waals surface area (Å²) in [5.74, 6) is -0.848. The van der Waals surface area contributed by atoms with E-state index in [-0.39, 0.29) is 32.1 Å². The molecule has 22 heavy (non-hydrogen) atoms. The van der Waals surface area contributed by atoms with Crippen LogP contribution in [0.25, 0.3) is 0 Å². The molecule has 8 heteroatoms. The lowest BCUT2D eigenvalue weighted by Gasteiger charge is -2.30. The van der Waals surface area contributed by atoms with E-state index in [0.717, 1.165) is 0 Å². The van der Waals surface area contributed by atoms with E-state index in [1.165, 1.54) is 4.90 Å². The lowest BCUT2D eigenvalue weighted by Crippen LogP contribution is -2.48. The summed E-state index contributed by atoms with van der Waals surface area (Å²) in [5, 5.41) is 9.58. The fourth-order valence-corrected chi connectivity index (χ4v) is 2.37. The average molecular weight is 348 g/mol. The molecule has 0 radical (unpaired) electrons. The third kappa shape index (κ3) is 4.25. The number of amides is 1. The number of carbonyl (C=O) groups excluding carboxylic acids is 1. The van der Waals surface area contributed by atoms with Gasteiger partial charge in [-0.05, 0) is 12.1 Å². The first-order valence-corrected chi connectivity index (χ1v) is 7.43. The maximum absolute atomic E-state index is 12.0. The zero-order valence-corrected chi connectivity index (χ0v) is 13.1. The minimum atomic E-state index is -1.07. The molecule has 0 bridgehead atoms. The van der Waals surface area contributed by atoms with Crippen LogP contribution < -0.4 is 4.74 Å². The van der Waals surface area contributed by atoms with E-state index >= 15 is 0 Å². The predicted molar refractivity (Wildman–Crippen MR) is 80.5 cm³/mol. The Kier molecular flexibility index (Phi) is 5.88. The molecular weight excluding hydrogens is 333 g/mol. The van der Waals surface area contributed by atoms with Crippen molar-refractivity contribution in [2.75, 3.05) is 26.3 Å². The number of benzene rings is 1. The fraction of sp³-hybridized carbons (Fsp3) is 0.429. The van der Waals surface area contributed by atoms with Crippen LogP contribution in [0.2, 0.25) is 10.0 Å². The quantitative estimate of drug-likeness (QED) is 0.882. The summed E-state index contributed by atoms with van der Waals surface area (Å²) in [6, 6.07) is 5.00. The molecule has 1 heterocycles. The number of rotatable bonds is 5. The number of nitrogens with zero attached hydrogens (tertiary/aromatic N) is 1. The smallest absolute Gasteiger partial charge is 0.334 e. The Labute approximate surface area is 137 Å². The van der Waals surface area contributed by atoms with Gasteiger partial charge in [0.25, 0.3) is 0 Å². The van der Waals surface area contributed by atoms with E-state index in [0.29, 0.717) is 22.3 Å². The largest absolute Gasteiger partial charge is 0.491 e. The van der Waals surface area contributed by atoms with E-state index in [4.69, 9.17) is 37.8 Å². The highest BCUT2D eigenvalue weighted by Crippen LogP contribution is 2.31. The minimum Gasteiger partial charge on any atom is -0.491 e. The average Bonchev–Trinajstić information content (AvgIpc) is 2.51. The van der Waals surface area contributed by atoms with Crippen molar-refractivity contribution >= 4 is 35.1 Å². The molecule has 1 saturated heterocycles. The summed E-state index contributed by atoms with van der Waals surface area (Å²) in [7, 11) is 0. The van der Waals surface area contributed by atoms with Crippen molar-refractivity contribution in [1.29, 1.82) is 0 Å². The van der Waals surface area contributed by atoms with Gasteiger partial charge in [-0.1, -0.05) is 29.3 Å². The molecule has 1 aromatic rings. The second-order valence-corrected chi connectivity index (χ2v) is 5.47. The van der Waals surface area contributed by atoms with Crippen molar-refractivity contribution in [1.82, 2.24) is 4.90 Å². The van der Waals surface area contributed by atoms with Gasteiger partial charge in [0.1, 0.15) is 10.8 Å². The van der Waals surface area contributed by atoms with Gasteiger partial charge in [-0.25, -0.2) is 4.79 Å². The Morgan fingerprint density at radius 2 is 2.18 bits per heavy atom. The summed E-state index contributed by atoms with van der Waals surface area (Å²) in [6.07, 6.45) is -0.851. The Bertz CT molecular complexity index is 566. The van der Waals surface area contributed by atoms with Crippen LogP contribution in [0.1, 0.15) is 6.42 Å². The standard InChI is InChI=1S/C14H15Cl2NO5/c15-9-2-1-3-10(13(9)16)21-6-4-12(18)17-5-7-22-11(8-17)14(19)20/h1-3,11H,4-8H2,(H,19,20). The Morgan fingerprint density at radius 1 is 1.41 bits per heavy atom. The highest BCUT2D eigenvalue weighted by atomic mass is 35.5. The lowest BCUT2D eigenvalue weighted by atomic mass is 10.2. The number of carbonyl (C=O) groups is 2. The molecule has 1 amide bonds. The highest BCUT2D eigenvalue weighted by Gasteiger charge is 2.28. The van der Waals surface area contributed by atoms with Crippen LogP contribution in [0.4, 0.5) is 0 Å². The first-order chi connectivity index (χ1) is 10.5. The Hall–Kier alpha value is -1.50. The zero-order valence-electron chi connectivity index (χ0n) is 11.6. The molecule has 0 spiro atoms. The van der Waals surface area contributed by atoms with Crippen LogP contribution >= 0.6 is 23.2 Å². The van der Waals surface area contributed by atoms with E-state index in [1.54, 1.807) is 18.2 Å². The molecule has 1 N–H and O–H groups in total. The van der Waals surface area contributed by atoms with Crippen LogP contribution in [0.3, 0.4) is 0 Å². The minimum absolute atomic E-state index is 0.0477. The first kappa shape index (κ1) is 16.9. The number of carboxylic acid groups (broad SMARTS) is 1. The van der Waals surface area contributed by atoms with Crippen molar-refractivity contribution in [3.8, 4) is 5.75 Å². The van der Waals surface area contributed by atoms with Crippen molar-refractivity contribution in [3.63, 3.8) is 0 Å². The van der Waals surface area contributed by atoms with Gasteiger partial charge in [0, 0.05) is 6.54 Å². The molecule has 1 aliphatic rings. The number of hydrogen-bond donors (Lipinski definition) is 1. The van der Waals surface area contributed by atoms with Crippen molar-refractivity contribution in [3.05, 3.63) is 28.2 Å². The van der Waals surface area contributed by atoms with Crippen LogP contribution in [-0.4, -0.2) is 54.3 Å². The molecule has 6 nitrogen and oxygen atoms in total. The second-order valence-electron chi connectivity index (χ2n) is 4.69. The maximum atomic E-state index is 12.0. The third-order valence-corrected chi connectivity index (χ3v) is 3.99. The van der Waals surface area contributed by atoms with Crippen molar-refractivity contribution < 1.29 is 24.2 Å². The van der Waals surface area contributed by atoms with Crippen molar-refractivity contribution in [2.24, 2.45) is 0 Å². The molecule has 1 aliphatic heterocycles. The number of morpholine rings is 1. The molecule has 1 fully saturated rings. The van der Waals surface area contributed by atoms with Gasteiger partial charge in [-0.15, -0.1) is 0 Å². The Balaban J connectivity index is 1.82. The van der Waals surface area contributed by atoms with Crippen LogP contribution in [0, 0.1) is 0 Å². The van der Waals surface area contributed by atoms with Crippen LogP contribution in [0.5, 0.6) is 5.75 Å². The molecule has 1 aromatic carbocycles. The number of carboxylic acids is 1. The van der Waals surface area contributed by atoms with E-state index in [9.17, 15) is 9.59 Å². The molecule has 0 aliphatic carbocycles. The predicted octanol–water partition coefficient (Wildman–Crippen LogP) is 2.07. The molecule has 0 saturated carbocycles. The molecule has 120 valence electrons. The Morgan fingerprint density at radius 3 is 2.91 bits per heavy atom. The summed E-state index contributed by atoms with van der Waals surface area (Å²) in [4.78, 5) is 24.4. The molecule has 1 unspecified atom stereocenters. The maximum Gasteiger partial charge on any atom is 0.334 e. The van der Waals surface area contributed by atoms with Gasteiger partial charge in [-0.2, -0.15) is 0 Å². The number of halogens is 2. The SMILES string of the molecule is O=C(O)C1CN(C(=O)CCOc2cccc(Cl)c2Cl)CCO1. The molecule has 1 atom stereocenters. The zero-order chi connectivity index (χ0) is 16.1. The second kappa shape index (κ2) is 7.67. The van der Waals surface area contributed by atoms with E-state index in [1.807, 2.05) is 0 Å². The van der Waals surface area contributed by atoms with Crippen molar-refractivity contribution in [2.45, 2.75) is 12.5 Å². The molecular formula is C14H15Cl2NO5. The molecule has 0 aromatic heterocycles. The van der Waals surface area contributed by atoms with Crippen LogP contribution in [0.15, 0.2) is 18.2 Å². The van der Waals surface area contributed by atoms with Gasteiger partial charge in [-0.3, -0.25) is 4.79 Å². The van der Waals surface area contributed by atoms with Gasteiger partial charge in [0.05, 0.1) is 31.2 Å². The summed E-state index contributed by atoms with van der Waals surface area (Å²) < 4.78 is 10.5. The third-order valence-electron chi connectivity index (χ3n) is 3.18. The topological polar surface area (TPSA) is 76.1 Å².